The number of hydrogen-bond acceptors (Lipinski definition) is 5. The molecule has 0 atom stereocenters. The van der Waals surface area contributed by atoms with Gasteiger partial charge in [-0.15, -0.1) is 0 Å². The first-order chi connectivity index (χ1) is 11.7. The van der Waals surface area contributed by atoms with Crippen LogP contribution in [0.1, 0.15) is 40.9 Å². The lowest BCUT2D eigenvalue weighted by atomic mass is 10.0. The Morgan fingerprint density at radius 1 is 1.17 bits per heavy atom. The Labute approximate surface area is 142 Å². The lowest BCUT2D eigenvalue weighted by Gasteiger charge is -2.25. The smallest absolute Gasteiger partial charge is 0.136 e. The van der Waals surface area contributed by atoms with Gasteiger partial charge in [0.2, 0.25) is 0 Å². The fourth-order valence-electron chi connectivity index (χ4n) is 3.39. The van der Waals surface area contributed by atoms with Gasteiger partial charge in [0.25, 0.3) is 0 Å². The maximum atomic E-state index is 5.46. The average Bonchev–Trinajstić information content (AvgIpc) is 3.00. The summed E-state index contributed by atoms with van der Waals surface area (Å²) in [6, 6.07) is 6.64. The van der Waals surface area contributed by atoms with Gasteiger partial charge in [0.1, 0.15) is 5.82 Å². The van der Waals surface area contributed by atoms with Gasteiger partial charge in [-0.1, -0.05) is 0 Å². The number of aromatic nitrogens is 2. The van der Waals surface area contributed by atoms with E-state index < -0.39 is 0 Å². The molecule has 2 aliphatic rings. The summed E-state index contributed by atoms with van der Waals surface area (Å²) in [5.74, 6) is 0.941. The summed E-state index contributed by atoms with van der Waals surface area (Å²) in [6.45, 7) is 6.44. The molecule has 1 saturated heterocycles. The predicted molar refractivity (Wildman–Crippen MR) is 94.8 cm³/mol. The van der Waals surface area contributed by atoms with Crippen LogP contribution in [0.4, 0.5) is 5.82 Å². The van der Waals surface area contributed by atoms with Crippen LogP contribution >= 0.6 is 0 Å². The molecule has 4 rings (SSSR count). The third kappa shape index (κ3) is 2.91. The standard InChI is InChI=1S/C19H22N4O/c1-12-3-6-20-16(9-12)18-17-14(11-21-18)10-13(2)22-19(17)23-15-4-7-24-8-5-15/h3,6,9-10,15H,4-5,7-8,11H2,1-2H3,(H,22,23). The number of nitrogens with one attached hydrogen (secondary N) is 1. The van der Waals surface area contributed by atoms with Crippen molar-refractivity contribution < 1.29 is 4.74 Å². The lowest BCUT2D eigenvalue weighted by molar-refractivity contribution is 0.0904. The molecule has 24 heavy (non-hydrogen) atoms. The Bertz CT molecular complexity index is 794. The molecule has 2 aromatic heterocycles. The van der Waals surface area contributed by atoms with Crippen LogP contribution in [0.5, 0.6) is 0 Å². The molecule has 0 saturated carbocycles. The normalized spacial score (nSPS) is 17.5. The quantitative estimate of drug-likeness (QED) is 0.943. The molecule has 5 nitrogen and oxygen atoms in total. The molecule has 0 amide bonds. The number of fused-ring (bicyclic) bond motifs is 1. The van der Waals surface area contributed by atoms with Gasteiger partial charge in [0.15, 0.2) is 0 Å². The number of ether oxygens (including phenoxy) is 1. The van der Waals surface area contributed by atoms with Crippen LogP contribution < -0.4 is 5.32 Å². The van der Waals surface area contributed by atoms with Crippen LogP contribution in [0.15, 0.2) is 29.4 Å². The predicted octanol–water partition coefficient (Wildman–Crippen LogP) is 3.04. The third-order valence-corrected chi connectivity index (χ3v) is 4.59. The molecule has 124 valence electrons. The summed E-state index contributed by atoms with van der Waals surface area (Å²) < 4.78 is 5.46. The average molecular weight is 322 g/mol. The second kappa shape index (κ2) is 6.32. The number of rotatable bonds is 3. The Hall–Kier alpha value is -2.27. The van der Waals surface area contributed by atoms with Crippen molar-refractivity contribution in [3.8, 4) is 0 Å². The minimum absolute atomic E-state index is 0.407. The van der Waals surface area contributed by atoms with Gasteiger partial charge in [-0.05, 0) is 56.0 Å². The van der Waals surface area contributed by atoms with Gasteiger partial charge >= 0.3 is 0 Å². The van der Waals surface area contributed by atoms with Crippen molar-refractivity contribution in [3.63, 3.8) is 0 Å². The van der Waals surface area contributed by atoms with Crippen molar-refractivity contribution >= 4 is 11.5 Å². The first-order valence-corrected chi connectivity index (χ1v) is 8.53. The van der Waals surface area contributed by atoms with E-state index in [4.69, 9.17) is 14.7 Å². The molecule has 1 N–H and O–H groups in total. The van der Waals surface area contributed by atoms with Gasteiger partial charge in [0, 0.05) is 36.7 Å². The molecule has 0 unspecified atom stereocenters. The summed E-state index contributed by atoms with van der Waals surface area (Å²) in [7, 11) is 0. The lowest BCUT2D eigenvalue weighted by Crippen LogP contribution is -2.29. The molecule has 2 aliphatic heterocycles. The summed E-state index contributed by atoms with van der Waals surface area (Å²) in [4.78, 5) is 14.1. The summed E-state index contributed by atoms with van der Waals surface area (Å²) in [6.07, 6.45) is 3.87. The fraction of sp³-hybridized carbons (Fsp3) is 0.421. The number of pyridine rings is 2. The van der Waals surface area contributed by atoms with E-state index >= 15 is 0 Å². The summed E-state index contributed by atoms with van der Waals surface area (Å²) in [5.41, 5.74) is 6.44. The molecule has 0 aromatic carbocycles. The molecule has 4 heterocycles. The molecule has 5 heteroatoms. The molecule has 2 aromatic rings. The highest BCUT2D eigenvalue weighted by molar-refractivity contribution is 6.16. The first-order valence-electron chi connectivity index (χ1n) is 8.53. The number of hydrogen-bond donors (Lipinski definition) is 1. The van der Waals surface area contributed by atoms with E-state index in [9.17, 15) is 0 Å². The monoisotopic (exact) mass is 322 g/mol. The zero-order valence-electron chi connectivity index (χ0n) is 14.2. The van der Waals surface area contributed by atoms with E-state index in [0.717, 1.165) is 54.5 Å². The number of nitrogens with zero attached hydrogens (tertiary/aromatic N) is 3. The maximum absolute atomic E-state index is 5.46. The SMILES string of the molecule is Cc1ccnc(C2=NCc3cc(C)nc(NC4CCOCC4)c32)c1. The van der Waals surface area contributed by atoms with Crippen LogP contribution in [0.25, 0.3) is 0 Å². The van der Waals surface area contributed by atoms with Gasteiger partial charge in [-0.2, -0.15) is 0 Å². The van der Waals surface area contributed by atoms with Crippen LogP contribution in [0.2, 0.25) is 0 Å². The number of aryl methyl sites for hydroxylation is 2. The second-order valence-electron chi connectivity index (χ2n) is 6.56. The maximum Gasteiger partial charge on any atom is 0.136 e. The van der Waals surface area contributed by atoms with Crippen LogP contribution in [0.3, 0.4) is 0 Å². The third-order valence-electron chi connectivity index (χ3n) is 4.59. The molecule has 0 bridgehead atoms. The van der Waals surface area contributed by atoms with Crippen molar-refractivity contribution in [2.45, 2.75) is 39.3 Å². The topological polar surface area (TPSA) is 59.4 Å². The second-order valence-corrected chi connectivity index (χ2v) is 6.56. The minimum Gasteiger partial charge on any atom is -0.381 e. The van der Waals surface area contributed by atoms with Crippen molar-refractivity contribution in [2.75, 3.05) is 18.5 Å². The van der Waals surface area contributed by atoms with Crippen molar-refractivity contribution in [2.24, 2.45) is 4.99 Å². The van der Waals surface area contributed by atoms with Gasteiger partial charge < -0.3 is 10.1 Å². The summed E-state index contributed by atoms with van der Waals surface area (Å²) >= 11 is 0. The van der Waals surface area contributed by atoms with E-state index in [-0.39, 0.29) is 0 Å². The van der Waals surface area contributed by atoms with Gasteiger partial charge in [-0.25, -0.2) is 4.98 Å². The van der Waals surface area contributed by atoms with E-state index in [1.54, 1.807) is 0 Å². The van der Waals surface area contributed by atoms with Crippen LogP contribution in [-0.4, -0.2) is 34.9 Å². The van der Waals surface area contributed by atoms with Crippen molar-refractivity contribution in [3.05, 3.63) is 52.5 Å². The molecule has 1 fully saturated rings. The molecule has 0 radical (unpaired) electrons. The highest BCUT2D eigenvalue weighted by Crippen LogP contribution is 2.30. The number of anilines is 1. The van der Waals surface area contributed by atoms with Crippen LogP contribution in [-0.2, 0) is 11.3 Å². The number of aliphatic imine (C=N–C) groups is 1. The Kier molecular flexibility index (Phi) is 4.02. The molecule has 0 aliphatic carbocycles. The van der Waals surface area contributed by atoms with Gasteiger partial charge in [-0.3, -0.25) is 9.98 Å². The fourth-order valence-corrected chi connectivity index (χ4v) is 3.39. The largest absolute Gasteiger partial charge is 0.381 e. The van der Waals surface area contributed by atoms with Crippen LogP contribution in [0, 0.1) is 13.8 Å². The first kappa shape index (κ1) is 15.3. The van der Waals surface area contributed by atoms with E-state index in [0.29, 0.717) is 12.6 Å². The zero-order chi connectivity index (χ0) is 16.5. The van der Waals surface area contributed by atoms with Crippen molar-refractivity contribution in [1.29, 1.82) is 0 Å². The Morgan fingerprint density at radius 2 is 2.00 bits per heavy atom. The van der Waals surface area contributed by atoms with Gasteiger partial charge in [0.05, 0.1) is 18.0 Å². The zero-order valence-corrected chi connectivity index (χ0v) is 14.2. The Balaban J connectivity index is 1.72. The molecular weight excluding hydrogens is 300 g/mol. The Morgan fingerprint density at radius 3 is 2.79 bits per heavy atom. The van der Waals surface area contributed by atoms with Crippen molar-refractivity contribution in [1.82, 2.24) is 9.97 Å². The molecular formula is C19H22N4O. The highest BCUT2D eigenvalue weighted by atomic mass is 16.5. The van der Waals surface area contributed by atoms with E-state index in [1.165, 1.54) is 11.1 Å². The minimum atomic E-state index is 0.407. The molecule has 0 spiro atoms. The van der Waals surface area contributed by atoms with E-state index in [1.807, 2.05) is 19.2 Å². The van der Waals surface area contributed by atoms with E-state index in [2.05, 4.69) is 29.4 Å². The highest BCUT2D eigenvalue weighted by Gasteiger charge is 2.25. The summed E-state index contributed by atoms with van der Waals surface area (Å²) in [5, 5.41) is 3.64.